The first-order chi connectivity index (χ1) is 9.16. The number of carboxylic acid groups (broad SMARTS) is 1. The summed E-state index contributed by atoms with van der Waals surface area (Å²) in [6, 6.07) is 0. The van der Waals surface area contributed by atoms with Crippen molar-refractivity contribution in [1.82, 2.24) is 5.32 Å². The Bertz CT molecular complexity index is 307. The SMILES string of the molecule is CCCNC1(C(=O)O)CCC(SC2CCOCC2)C1. The van der Waals surface area contributed by atoms with E-state index in [2.05, 4.69) is 12.2 Å². The van der Waals surface area contributed by atoms with Crippen LogP contribution in [0.2, 0.25) is 0 Å². The summed E-state index contributed by atoms with van der Waals surface area (Å²) in [4.78, 5) is 11.6. The van der Waals surface area contributed by atoms with E-state index in [0.29, 0.717) is 10.5 Å². The predicted octanol–water partition coefficient (Wildman–Crippen LogP) is 2.27. The topological polar surface area (TPSA) is 58.6 Å². The van der Waals surface area contributed by atoms with Gasteiger partial charge in [0.2, 0.25) is 0 Å². The second kappa shape index (κ2) is 6.95. The van der Waals surface area contributed by atoms with Crippen molar-refractivity contribution < 1.29 is 14.6 Å². The van der Waals surface area contributed by atoms with Crippen molar-refractivity contribution in [2.75, 3.05) is 19.8 Å². The molecule has 2 rings (SSSR count). The normalized spacial score (nSPS) is 32.6. The molecule has 2 N–H and O–H groups in total. The molecule has 2 fully saturated rings. The Morgan fingerprint density at radius 1 is 1.37 bits per heavy atom. The smallest absolute Gasteiger partial charge is 0.323 e. The van der Waals surface area contributed by atoms with Gasteiger partial charge in [0.05, 0.1) is 0 Å². The van der Waals surface area contributed by atoms with Gasteiger partial charge in [-0.25, -0.2) is 0 Å². The average Bonchev–Trinajstić information content (AvgIpc) is 2.82. The summed E-state index contributed by atoms with van der Waals surface area (Å²) in [6.45, 7) is 4.60. The van der Waals surface area contributed by atoms with Gasteiger partial charge in [0.15, 0.2) is 0 Å². The second-order valence-electron chi connectivity index (χ2n) is 5.63. The van der Waals surface area contributed by atoms with Gasteiger partial charge in [-0.05, 0) is 45.1 Å². The molecule has 1 saturated heterocycles. The number of nitrogens with one attached hydrogen (secondary N) is 1. The molecule has 0 aromatic heterocycles. The van der Waals surface area contributed by atoms with E-state index in [4.69, 9.17) is 4.74 Å². The van der Waals surface area contributed by atoms with Crippen molar-refractivity contribution >= 4 is 17.7 Å². The number of thioether (sulfide) groups is 1. The van der Waals surface area contributed by atoms with Crippen molar-refractivity contribution in [3.63, 3.8) is 0 Å². The van der Waals surface area contributed by atoms with Crippen LogP contribution in [0.3, 0.4) is 0 Å². The van der Waals surface area contributed by atoms with E-state index in [1.54, 1.807) is 0 Å². The van der Waals surface area contributed by atoms with Gasteiger partial charge in [-0.2, -0.15) is 11.8 Å². The van der Waals surface area contributed by atoms with Crippen molar-refractivity contribution in [2.45, 2.75) is 61.5 Å². The van der Waals surface area contributed by atoms with Crippen LogP contribution >= 0.6 is 11.8 Å². The van der Waals surface area contributed by atoms with E-state index in [0.717, 1.165) is 58.3 Å². The molecule has 0 bridgehead atoms. The van der Waals surface area contributed by atoms with Crippen LogP contribution in [-0.2, 0) is 9.53 Å². The van der Waals surface area contributed by atoms with Crippen molar-refractivity contribution in [2.24, 2.45) is 0 Å². The molecular weight excluding hydrogens is 262 g/mol. The Morgan fingerprint density at radius 3 is 2.74 bits per heavy atom. The summed E-state index contributed by atoms with van der Waals surface area (Å²) < 4.78 is 5.38. The Kier molecular flexibility index (Phi) is 5.54. The number of aliphatic carboxylic acids is 1. The monoisotopic (exact) mass is 287 g/mol. The van der Waals surface area contributed by atoms with Crippen molar-refractivity contribution in [1.29, 1.82) is 0 Å². The lowest BCUT2D eigenvalue weighted by Crippen LogP contribution is -2.50. The highest BCUT2D eigenvalue weighted by molar-refractivity contribution is 8.00. The van der Waals surface area contributed by atoms with Crippen LogP contribution < -0.4 is 5.32 Å². The number of hydrogen-bond acceptors (Lipinski definition) is 4. The Morgan fingerprint density at radius 2 is 2.11 bits per heavy atom. The highest BCUT2D eigenvalue weighted by Crippen LogP contribution is 2.40. The third-order valence-corrected chi connectivity index (χ3v) is 5.79. The van der Waals surface area contributed by atoms with E-state index < -0.39 is 11.5 Å². The molecule has 2 unspecified atom stereocenters. The number of rotatable bonds is 6. The summed E-state index contributed by atoms with van der Waals surface area (Å²) in [5.41, 5.74) is -0.668. The highest BCUT2D eigenvalue weighted by Gasteiger charge is 2.45. The summed E-state index contributed by atoms with van der Waals surface area (Å²) in [5, 5.41) is 13.9. The predicted molar refractivity (Wildman–Crippen MR) is 77.7 cm³/mol. The molecule has 5 heteroatoms. The molecule has 1 heterocycles. The minimum Gasteiger partial charge on any atom is -0.480 e. The first kappa shape index (κ1) is 15.1. The van der Waals surface area contributed by atoms with Gasteiger partial charge < -0.3 is 15.2 Å². The maximum atomic E-state index is 11.6. The minimum absolute atomic E-state index is 0.489. The van der Waals surface area contributed by atoms with Crippen LogP contribution in [-0.4, -0.2) is 46.9 Å². The van der Waals surface area contributed by atoms with Gasteiger partial charge in [0, 0.05) is 23.7 Å². The van der Waals surface area contributed by atoms with E-state index in [1.807, 2.05) is 11.8 Å². The van der Waals surface area contributed by atoms with Crippen LogP contribution in [0.25, 0.3) is 0 Å². The van der Waals surface area contributed by atoms with E-state index >= 15 is 0 Å². The fraction of sp³-hybridized carbons (Fsp3) is 0.929. The van der Waals surface area contributed by atoms with E-state index in [9.17, 15) is 9.90 Å². The van der Waals surface area contributed by atoms with Crippen LogP contribution in [0.1, 0.15) is 45.4 Å². The first-order valence-electron chi connectivity index (χ1n) is 7.38. The van der Waals surface area contributed by atoms with Gasteiger partial charge in [-0.15, -0.1) is 0 Å². The third kappa shape index (κ3) is 3.86. The van der Waals surface area contributed by atoms with Crippen molar-refractivity contribution in [3.05, 3.63) is 0 Å². The average molecular weight is 287 g/mol. The quantitative estimate of drug-likeness (QED) is 0.785. The van der Waals surface area contributed by atoms with Gasteiger partial charge in [0.25, 0.3) is 0 Å². The maximum Gasteiger partial charge on any atom is 0.323 e. The van der Waals surface area contributed by atoms with Crippen LogP contribution in [0.4, 0.5) is 0 Å². The van der Waals surface area contributed by atoms with Crippen molar-refractivity contribution in [3.8, 4) is 0 Å². The number of hydrogen-bond donors (Lipinski definition) is 2. The van der Waals surface area contributed by atoms with Gasteiger partial charge in [-0.3, -0.25) is 4.79 Å². The van der Waals surface area contributed by atoms with Gasteiger partial charge >= 0.3 is 5.97 Å². The second-order valence-corrected chi connectivity index (χ2v) is 7.23. The fourth-order valence-electron chi connectivity index (χ4n) is 3.00. The Balaban J connectivity index is 1.86. The molecule has 2 atom stereocenters. The summed E-state index contributed by atoms with van der Waals surface area (Å²) in [6.07, 6.45) is 5.76. The lowest BCUT2D eigenvalue weighted by atomic mass is 9.98. The lowest BCUT2D eigenvalue weighted by Gasteiger charge is -2.27. The zero-order chi connectivity index (χ0) is 13.7. The molecule has 4 nitrogen and oxygen atoms in total. The van der Waals surface area contributed by atoms with Gasteiger partial charge in [0.1, 0.15) is 5.54 Å². The molecule has 0 radical (unpaired) electrons. The number of carboxylic acids is 1. The molecule has 0 aromatic rings. The zero-order valence-electron chi connectivity index (χ0n) is 11.7. The minimum atomic E-state index is -0.670. The fourth-order valence-corrected chi connectivity index (χ4v) is 4.64. The largest absolute Gasteiger partial charge is 0.480 e. The van der Waals surface area contributed by atoms with Crippen LogP contribution in [0.15, 0.2) is 0 Å². The molecule has 1 aliphatic heterocycles. The first-order valence-corrected chi connectivity index (χ1v) is 8.32. The molecule has 110 valence electrons. The summed E-state index contributed by atoms with van der Waals surface area (Å²) in [5.74, 6) is -0.670. The number of carbonyl (C=O) groups is 1. The standard InChI is InChI=1S/C14H25NO3S/c1-2-7-15-14(13(16)17)6-3-12(10-14)19-11-4-8-18-9-5-11/h11-12,15H,2-10H2,1H3,(H,16,17). The van der Waals surface area contributed by atoms with Gasteiger partial charge in [-0.1, -0.05) is 6.92 Å². The lowest BCUT2D eigenvalue weighted by molar-refractivity contribution is -0.144. The molecule has 2 aliphatic rings. The highest BCUT2D eigenvalue weighted by atomic mass is 32.2. The molecule has 1 aliphatic carbocycles. The van der Waals surface area contributed by atoms with E-state index in [-0.39, 0.29) is 0 Å². The molecule has 19 heavy (non-hydrogen) atoms. The maximum absolute atomic E-state index is 11.6. The Labute approximate surface area is 119 Å². The number of ether oxygens (including phenoxy) is 1. The van der Waals surface area contributed by atoms with Crippen LogP contribution in [0, 0.1) is 0 Å². The molecule has 0 spiro atoms. The Hall–Kier alpha value is -0.260. The summed E-state index contributed by atoms with van der Waals surface area (Å²) >= 11 is 2.00. The molecular formula is C14H25NO3S. The van der Waals surface area contributed by atoms with E-state index in [1.165, 1.54) is 0 Å². The van der Waals surface area contributed by atoms with Crippen LogP contribution in [0.5, 0.6) is 0 Å². The summed E-state index contributed by atoms with van der Waals surface area (Å²) in [7, 11) is 0. The molecule has 1 saturated carbocycles. The molecule has 0 amide bonds. The zero-order valence-corrected chi connectivity index (χ0v) is 12.5. The third-order valence-electron chi connectivity index (χ3n) is 4.15. The molecule has 0 aromatic carbocycles.